The van der Waals surface area contributed by atoms with Gasteiger partial charge in [0.25, 0.3) is 0 Å². The van der Waals surface area contributed by atoms with E-state index in [-0.39, 0.29) is 10.6 Å². The van der Waals surface area contributed by atoms with Crippen LogP contribution in [0.25, 0.3) is 0 Å². The number of aliphatic hydroxyl groups is 1. The number of rotatable bonds is 3. The van der Waals surface area contributed by atoms with Crippen LogP contribution in [0, 0.1) is 0 Å². The number of likely N-dealkylation sites (tertiary alicyclic amines) is 1. The molecule has 6 heteroatoms. The molecule has 0 amide bonds. The maximum atomic E-state index is 12.8. The Hall–Kier alpha value is -0.780. The van der Waals surface area contributed by atoms with Crippen molar-refractivity contribution in [3.8, 4) is 0 Å². The zero-order valence-electron chi connectivity index (χ0n) is 11.9. The highest BCUT2D eigenvalue weighted by Gasteiger charge is 2.38. The second-order valence-electron chi connectivity index (χ2n) is 5.57. The first-order chi connectivity index (χ1) is 9.76. The van der Waals surface area contributed by atoms with Crippen LogP contribution in [0.15, 0.2) is 18.2 Å². The molecule has 1 aromatic carbocycles. The lowest BCUT2D eigenvalue weighted by Gasteiger charge is -2.39. The monoisotopic (exact) mass is 321 g/mol. The molecule has 0 bridgehead atoms. The quantitative estimate of drug-likeness (QED) is 0.907. The maximum Gasteiger partial charge on any atom is 0.416 e. The standard InChI is InChI=1S/C15H19ClF3NO/c1-2-7-20-8-5-14(21,6-9-20)12-10-11(15(17,18)19)3-4-13(12)16/h3-4,10,21H,2,5-9H2,1H3. The van der Waals surface area contributed by atoms with Crippen LogP contribution in [0.4, 0.5) is 13.2 Å². The molecule has 0 spiro atoms. The van der Waals surface area contributed by atoms with Gasteiger partial charge in [0.2, 0.25) is 0 Å². The zero-order chi connectivity index (χ0) is 15.7. The molecule has 0 atom stereocenters. The van der Waals surface area contributed by atoms with Gasteiger partial charge in [0.05, 0.1) is 11.2 Å². The molecule has 1 fully saturated rings. The van der Waals surface area contributed by atoms with Crippen molar-refractivity contribution >= 4 is 11.6 Å². The molecule has 0 aliphatic carbocycles. The molecule has 0 unspecified atom stereocenters. The highest BCUT2D eigenvalue weighted by Crippen LogP contribution is 2.40. The van der Waals surface area contributed by atoms with Crippen LogP contribution in [0.2, 0.25) is 5.02 Å². The molecule has 1 aliphatic heterocycles. The Morgan fingerprint density at radius 1 is 1.29 bits per heavy atom. The van der Waals surface area contributed by atoms with Crippen LogP contribution in [0.1, 0.15) is 37.3 Å². The van der Waals surface area contributed by atoms with Crippen molar-refractivity contribution in [2.24, 2.45) is 0 Å². The van der Waals surface area contributed by atoms with Gasteiger partial charge in [-0.15, -0.1) is 0 Å². The molecule has 1 saturated heterocycles. The Kier molecular flexibility index (Phi) is 4.85. The molecule has 118 valence electrons. The minimum absolute atomic E-state index is 0.189. The van der Waals surface area contributed by atoms with E-state index in [2.05, 4.69) is 11.8 Å². The number of piperidine rings is 1. The number of halogens is 4. The van der Waals surface area contributed by atoms with Crippen LogP contribution in [-0.4, -0.2) is 29.6 Å². The summed E-state index contributed by atoms with van der Waals surface area (Å²) in [5.74, 6) is 0. The molecular formula is C15H19ClF3NO. The molecule has 0 saturated carbocycles. The SMILES string of the molecule is CCCN1CCC(O)(c2cc(C(F)(F)F)ccc2Cl)CC1. The molecule has 0 radical (unpaired) electrons. The fourth-order valence-electron chi connectivity index (χ4n) is 2.79. The van der Waals surface area contributed by atoms with E-state index in [4.69, 9.17) is 11.6 Å². The minimum atomic E-state index is -4.43. The molecule has 1 heterocycles. The Morgan fingerprint density at radius 2 is 1.90 bits per heavy atom. The van der Waals surface area contributed by atoms with Gasteiger partial charge >= 0.3 is 6.18 Å². The molecule has 1 aliphatic rings. The lowest BCUT2D eigenvalue weighted by atomic mass is 9.83. The van der Waals surface area contributed by atoms with Gasteiger partial charge in [-0.3, -0.25) is 0 Å². The highest BCUT2D eigenvalue weighted by atomic mass is 35.5. The van der Waals surface area contributed by atoms with E-state index in [0.29, 0.717) is 25.9 Å². The van der Waals surface area contributed by atoms with E-state index in [0.717, 1.165) is 25.1 Å². The number of alkyl halides is 3. The van der Waals surface area contributed by atoms with E-state index < -0.39 is 17.3 Å². The third-order valence-electron chi connectivity index (χ3n) is 4.02. The van der Waals surface area contributed by atoms with E-state index >= 15 is 0 Å². The van der Waals surface area contributed by atoms with E-state index in [1.165, 1.54) is 6.07 Å². The first-order valence-corrected chi connectivity index (χ1v) is 7.46. The van der Waals surface area contributed by atoms with Gasteiger partial charge in [-0.25, -0.2) is 0 Å². The first-order valence-electron chi connectivity index (χ1n) is 7.08. The maximum absolute atomic E-state index is 12.8. The summed E-state index contributed by atoms with van der Waals surface area (Å²) in [4.78, 5) is 2.20. The first kappa shape index (κ1) is 16.6. The van der Waals surface area contributed by atoms with Gasteiger partial charge in [-0.05, 0) is 44.0 Å². The summed E-state index contributed by atoms with van der Waals surface area (Å²) in [7, 11) is 0. The Labute approximate surface area is 127 Å². The average molecular weight is 322 g/mol. The summed E-state index contributed by atoms with van der Waals surface area (Å²) in [6.45, 7) is 4.34. The lowest BCUT2D eigenvalue weighted by molar-refractivity contribution is -0.137. The van der Waals surface area contributed by atoms with Gasteiger partial charge in [0, 0.05) is 23.7 Å². The van der Waals surface area contributed by atoms with Gasteiger partial charge in [0.15, 0.2) is 0 Å². The fourth-order valence-corrected chi connectivity index (χ4v) is 3.08. The summed E-state index contributed by atoms with van der Waals surface area (Å²) < 4.78 is 38.5. The van der Waals surface area contributed by atoms with Gasteiger partial charge in [-0.1, -0.05) is 18.5 Å². The Balaban J connectivity index is 2.25. The van der Waals surface area contributed by atoms with Gasteiger partial charge in [-0.2, -0.15) is 13.2 Å². The summed E-state index contributed by atoms with van der Waals surface area (Å²) in [6, 6.07) is 3.15. The van der Waals surface area contributed by atoms with Crippen molar-refractivity contribution in [2.45, 2.75) is 38.0 Å². The van der Waals surface area contributed by atoms with E-state index in [9.17, 15) is 18.3 Å². The summed E-state index contributed by atoms with van der Waals surface area (Å²) >= 11 is 6.03. The van der Waals surface area contributed by atoms with Crippen molar-refractivity contribution in [1.29, 1.82) is 0 Å². The molecule has 2 rings (SSSR count). The third kappa shape index (κ3) is 3.71. The molecule has 21 heavy (non-hydrogen) atoms. The number of nitrogens with zero attached hydrogens (tertiary/aromatic N) is 1. The second-order valence-corrected chi connectivity index (χ2v) is 5.97. The van der Waals surface area contributed by atoms with Crippen LogP contribution in [0.5, 0.6) is 0 Å². The Bertz CT molecular complexity index is 496. The fraction of sp³-hybridized carbons (Fsp3) is 0.600. The number of benzene rings is 1. The van der Waals surface area contributed by atoms with Crippen LogP contribution >= 0.6 is 11.6 Å². The molecular weight excluding hydrogens is 303 g/mol. The minimum Gasteiger partial charge on any atom is -0.385 e. The highest BCUT2D eigenvalue weighted by molar-refractivity contribution is 6.31. The van der Waals surface area contributed by atoms with Crippen LogP contribution in [0.3, 0.4) is 0 Å². The molecule has 1 aromatic rings. The van der Waals surface area contributed by atoms with E-state index in [1.54, 1.807) is 0 Å². The average Bonchev–Trinajstić information content (AvgIpc) is 2.41. The molecule has 0 aromatic heterocycles. The molecule has 1 N–H and O–H groups in total. The number of hydrogen-bond acceptors (Lipinski definition) is 2. The molecule has 2 nitrogen and oxygen atoms in total. The van der Waals surface area contributed by atoms with Crippen molar-refractivity contribution in [1.82, 2.24) is 4.90 Å². The van der Waals surface area contributed by atoms with Crippen LogP contribution < -0.4 is 0 Å². The summed E-state index contributed by atoms with van der Waals surface area (Å²) in [5.41, 5.74) is -1.86. The van der Waals surface area contributed by atoms with Crippen molar-refractivity contribution in [2.75, 3.05) is 19.6 Å². The van der Waals surface area contributed by atoms with Gasteiger partial charge in [0.1, 0.15) is 0 Å². The normalized spacial score (nSPS) is 19.7. The smallest absolute Gasteiger partial charge is 0.385 e. The second kappa shape index (κ2) is 6.15. The number of hydrogen-bond donors (Lipinski definition) is 1. The van der Waals surface area contributed by atoms with E-state index in [1.807, 2.05) is 0 Å². The van der Waals surface area contributed by atoms with Crippen LogP contribution in [-0.2, 0) is 11.8 Å². The summed E-state index contributed by atoms with van der Waals surface area (Å²) in [6.07, 6.45) is -2.62. The zero-order valence-corrected chi connectivity index (χ0v) is 12.6. The van der Waals surface area contributed by atoms with Crippen molar-refractivity contribution < 1.29 is 18.3 Å². The Morgan fingerprint density at radius 3 is 2.43 bits per heavy atom. The predicted octanol–water partition coefficient (Wildman–Crippen LogP) is 4.05. The lowest BCUT2D eigenvalue weighted by Crippen LogP contribution is -2.43. The van der Waals surface area contributed by atoms with Gasteiger partial charge < -0.3 is 10.0 Å². The summed E-state index contributed by atoms with van der Waals surface area (Å²) in [5, 5.41) is 10.9. The van der Waals surface area contributed by atoms with Crippen molar-refractivity contribution in [3.05, 3.63) is 34.3 Å². The predicted molar refractivity (Wildman–Crippen MR) is 76.3 cm³/mol. The third-order valence-corrected chi connectivity index (χ3v) is 4.35. The largest absolute Gasteiger partial charge is 0.416 e. The topological polar surface area (TPSA) is 23.5 Å². The van der Waals surface area contributed by atoms with Crippen molar-refractivity contribution in [3.63, 3.8) is 0 Å².